The van der Waals surface area contributed by atoms with Crippen molar-refractivity contribution in [1.29, 1.82) is 0 Å². The Morgan fingerprint density at radius 1 is 1.33 bits per heavy atom. The van der Waals surface area contributed by atoms with Crippen LogP contribution in [0.2, 0.25) is 0 Å². The van der Waals surface area contributed by atoms with Gasteiger partial charge in [0.05, 0.1) is 4.47 Å². The molecule has 2 atom stereocenters. The molecular weight excluding hydrogens is 331 g/mol. The van der Waals surface area contributed by atoms with Crippen molar-refractivity contribution in [3.63, 3.8) is 0 Å². The highest BCUT2D eigenvalue weighted by Gasteiger charge is 2.30. The molecule has 0 spiro atoms. The molecule has 1 fully saturated rings. The Balaban J connectivity index is 2.22. The van der Waals surface area contributed by atoms with E-state index in [-0.39, 0.29) is 5.82 Å². The van der Waals surface area contributed by atoms with Crippen molar-refractivity contribution in [1.82, 2.24) is 5.32 Å². The fraction of sp³-hybridized carbons (Fsp3) is 0.647. The first-order valence-corrected chi connectivity index (χ1v) is 8.62. The molecule has 0 aliphatic carbocycles. The second-order valence-electron chi connectivity index (χ2n) is 6.80. The summed E-state index contributed by atoms with van der Waals surface area (Å²) in [6.07, 6.45) is 1.17. The standard InChI is InChI=1S/C17H26BrFN2/c1-11(2)7-13-10-21(17(9-20-13)12(3)4)14-5-6-16(19)15(18)8-14/h5-6,8,11-13,17,20H,7,9-10H2,1-4H3. The van der Waals surface area contributed by atoms with Crippen LogP contribution in [0, 0.1) is 17.7 Å². The number of nitrogens with one attached hydrogen (secondary N) is 1. The summed E-state index contributed by atoms with van der Waals surface area (Å²) in [6.45, 7) is 11.0. The van der Waals surface area contributed by atoms with Crippen LogP contribution in [0.1, 0.15) is 34.1 Å². The van der Waals surface area contributed by atoms with Gasteiger partial charge in [0.25, 0.3) is 0 Å². The van der Waals surface area contributed by atoms with Gasteiger partial charge in [-0.3, -0.25) is 0 Å². The normalized spacial score (nSPS) is 23.1. The van der Waals surface area contributed by atoms with E-state index in [4.69, 9.17) is 0 Å². The molecule has 1 aromatic carbocycles. The van der Waals surface area contributed by atoms with Crippen molar-refractivity contribution in [3.8, 4) is 0 Å². The van der Waals surface area contributed by atoms with E-state index < -0.39 is 0 Å². The topological polar surface area (TPSA) is 15.3 Å². The van der Waals surface area contributed by atoms with Gasteiger partial charge in [0, 0.05) is 30.9 Å². The third kappa shape index (κ3) is 4.19. The largest absolute Gasteiger partial charge is 0.365 e. The Labute approximate surface area is 136 Å². The number of anilines is 1. The third-order valence-corrected chi connectivity index (χ3v) is 4.80. The number of halogens is 2. The predicted octanol–water partition coefficient (Wildman–Crippen LogP) is 4.44. The van der Waals surface area contributed by atoms with E-state index >= 15 is 0 Å². The van der Waals surface area contributed by atoms with Crippen molar-refractivity contribution < 1.29 is 4.39 Å². The highest BCUT2D eigenvalue weighted by Crippen LogP contribution is 2.28. The monoisotopic (exact) mass is 356 g/mol. The van der Waals surface area contributed by atoms with Crippen molar-refractivity contribution in [2.45, 2.75) is 46.2 Å². The van der Waals surface area contributed by atoms with Gasteiger partial charge in [-0.05, 0) is 52.4 Å². The molecule has 2 unspecified atom stereocenters. The molecule has 2 nitrogen and oxygen atoms in total. The fourth-order valence-electron chi connectivity index (χ4n) is 3.12. The Hall–Kier alpha value is -0.610. The maximum absolute atomic E-state index is 13.5. The van der Waals surface area contributed by atoms with Crippen molar-refractivity contribution in [3.05, 3.63) is 28.5 Å². The average Bonchev–Trinajstić information content (AvgIpc) is 2.41. The number of rotatable bonds is 4. The van der Waals surface area contributed by atoms with E-state index in [0.29, 0.717) is 28.4 Å². The number of piperazine rings is 1. The molecule has 1 saturated heterocycles. The van der Waals surface area contributed by atoms with Gasteiger partial charge in [0.1, 0.15) is 5.82 Å². The van der Waals surface area contributed by atoms with Crippen LogP contribution in [0.4, 0.5) is 10.1 Å². The fourth-order valence-corrected chi connectivity index (χ4v) is 3.48. The Bertz CT molecular complexity index is 476. The summed E-state index contributed by atoms with van der Waals surface area (Å²) in [6, 6.07) is 6.31. The molecule has 0 radical (unpaired) electrons. The molecule has 4 heteroatoms. The number of nitrogens with zero attached hydrogens (tertiary/aromatic N) is 1. The first-order chi connectivity index (χ1) is 9.88. The molecule has 1 heterocycles. The minimum absolute atomic E-state index is 0.200. The Morgan fingerprint density at radius 2 is 2.05 bits per heavy atom. The predicted molar refractivity (Wildman–Crippen MR) is 91.3 cm³/mol. The van der Waals surface area contributed by atoms with Crippen LogP contribution in [0.15, 0.2) is 22.7 Å². The van der Waals surface area contributed by atoms with E-state index in [2.05, 4.69) is 53.8 Å². The van der Waals surface area contributed by atoms with E-state index in [1.54, 1.807) is 6.07 Å². The Morgan fingerprint density at radius 3 is 2.62 bits per heavy atom. The lowest BCUT2D eigenvalue weighted by Crippen LogP contribution is -2.58. The molecule has 0 bridgehead atoms. The minimum atomic E-state index is -0.200. The summed E-state index contributed by atoms with van der Waals surface area (Å²) in [7, 11) is 0. The molecule has 1 N–H and O–H groups in total. The number of hydrogen-bond donors (Lipinski definition) is 1. The van der Waals surface area contributed by atoms with Gasteiger partial charge in [0.2, 0.25) is 0 Å². The highest BCUT2D eigenvalue weighted by molar-refractivity contribution is 9.10. The molecule has 0 saturated carbocycles. The van der Waals surface area contributed by atoms with Gasteiger partial charge >= 0.3 is 0 Å². The lowest BCUT2D eigenvalue weighted by molar-refractivity contribution is 0.310. The van der Waals surface area contributed by atoms with Crippen molar-refractivity contribution >= 4 is 21.6 Å². The van der Waals surface area contributed by atoms with Crippen molar-refractivity contribution in [2.75, 3.05) is 18.0 Å². The lowest BCUT2D eigenvalue weighted by Gasteiger charge is -2.44. The molecule has 118 valence electrons. The van der Waals surface area contributed by atoms with Gasteiger partial charge in [0.15, 0.2) is 0 Å². The van der Waals surface area contributed by atoms with E-state index in [9.17, 15) is 4.39 Å². The van der Waals surface area contributed by atoms with Crippen LogP contribution in [0.5, 0.6) is 0 Å². The maximum Gasteiger partial charge on any atom is 0.137 e. The highest BCUT2D eigenvalue weighted by atomic mass is 79.9. The summed E-state index contributed by atoms with van der Waals surface area (Å²) in [5, 5.41) is 3.68. The molecule has 0 amide bonds. The van der Waals surface area contributed by atoms with Crippen LogP contribution in [0.3, 0.4) is 0 Å². The second kappa shape index (κ2) is 7.10. The van der Waals surface area contributed by atoms with Gasteiger partial charge < -0.3 is 10.2 Å². The average molecular weight is 357 g/mol. The maximum atomic E-state index is 13.5. The SMILES string of the molecule is CC(C)CC1CN(c2ccc(F)c(Br)c2)C(C(C)C)CN1. The van der Waals surface area contributed by atoms with E-state index in [0.717, 1.165) is 18.8 Å². The molecule has 21 heavy (non-hydrogen) atoms. The zero-order valence-electron chi connectivity index (χ0n) is 13.4. The third-order valence-electron chi connectivity index (χ3n) is 4.19. The molecule has 1 aliphatic heterocycles. The van der Waals surface area contributed by atoms with E-state index in [1.807, 2.05) is 12.1 Å². The van der Waals surface area contributed by atoms with E-state index in [1.165, 1.54) is 6.42 Å². The smallest absolute Gasteiger partial charge is 0.137 e. The van der Waals surface area contributed by atoms with Crippen LogP contribution in [-0.2, 0) is 0 Å². The molecular formula is C17H26BrFN2. The van der Waals surface area contributed by atoms with Gasteiger partial charge in [-0.25, -0.2) is 4.39 Å². The Kier molecular flexibility index (Phi) is 5.67. The van der Waals surface area contributed by atoms with Crippen molar-refractivity contribution in [2.24, 2.45) is 11.8 Å². The zero-order chi connectivity index (χ0) is 15.6. The zero-order valence-corrected chi connectivity index (χ0v) is 15.0. The van der Waals surface area contributed by atoms with Crippen LogP contribution in [-0.4, -0.2) is 25.2 Å². The second-order valence-corrected chi connectivity index (χ2v) is 7.65. The van der Waals surface area contributed by atoms with Gasteiger partial charge in [-0.1, -0.05) is 27.7 Å². The first-order valence-electron chi connectivity index (χ1n) is 7.83. The van der Waals surface area contributed by atoms with Gasteiger partial charge in [-0.15, -0.1) is 0 Å². The van der Waals surface area contributed by atoms with Crippen LogP contribution in [0.25, 0.3) is 0 Å². The lowest BCUT2D eigenvalue weighted by atomic mass is 9.94. The number of benzene rings is 1. The molecule has 2 rings (SSSR count). The summed E-state index contributed by atoms with van der Waals surface area (Å²) in [5.74, 6) is 1.04. The molecule has 1 aliphatic rings. The minimum Gasteiger partial charge on any atom is -0.365 e. The molecule has 1 aromatic rings. The van der Waals surface area contributed by atoms with Crippen LogP contribution < -0.4 is 10.2 Å². The first kappa shape index (κ1) is 16.8. The summed E-state index contributed by atoms with van der Waals surface area (Å²) >= 11 is 3.31. The van der Waals surface area contributed by atoms with Crippen LogP contribution >= 0.6 is 15.9 Å². The quantitative estimate of drug-likeness (QED) is 0.857. The molecule has 0 aromatic heterocycles. The summed E-state index contributed by atoms with van der Waals surface area (Å²) < 4.78 is 14.0. The summed E-state index contributed by atoms with van der Waals surface area (Å²) in [4.78, 5) is 2.44. The number of hydrogen-bond acceptors (Lipinski definition) is 2. The summed E-state index contributed by atoms with van der Waals surface area (Å²) in [5.41, 5.74) is 1.11. The van der Waals surface area contributed by atoms with Gasteiger partial charge in [-0.2, -0.15) is 0 Å².